The predicted octanol–water partition coefficient (Wildman–Crippen LogP) is -0.809. The normalized spacial score (nSPS) is 12.9. The van der Waals surface area contributed by atoms with E-state index in [1.165, 1.54) is 0 Å². The first-order valence-corrected chi connectivity index (χ1v) is 5.24. The molecule has 1 aromatic rings. The van der Waals surface area contributed by atoms with Gasteiger partial charge in [0, 0.05) is 6.42 Å². The summed E-state index contributed by atoms with van der Waals surface area (Å²) in [5.74, 6) is 0. The van der Waals surface area contributed by atoms with Crippen LogP contribution in [0, 0.1) is 0 Å². The van der Waals surface area contributed by atoms with Gasteiger partial charge >= 0.3 is 29.6 Å². The van der Waals surface area contributed by atoms with Crippen LogP contribution in [0.1, 0.15) is 17.5 Å². The summed E-state index contributed by atoms with van der Waals surface area (Å²) in [6.07, 6.45) is 3.99. The molecule has 3 nitrogen and oxygen atoms in total. The summed E-state index contributed by atoms with van der Waals surface area (Å²) in [6, 6.07) is 5.09. The van der Waals surface area contributed by atoms with Gasteiger partial charge in [-0.2, -0.15) is 8.42 Å². The molecule has 0 fully saturated rings. The van der Waals surface area contributed by atoms with Gasteiger partial charge in [-0.25, -0.2) is 0 Å². The van der Waals surface area contributed by atoms with Crippen molar-refractivity contribution in [1.82, 2.24) is 0 Å². The van der Waals surface area contributed by atoms with Crippen LogP contribution in [0.25, 0.3) is 11.8 Å². The fourth-order valence-electron chi connectivity index (χ4n) is 1.54. The van der Waals surface area contributed by atoms with Gasteiger partial charge in [-0.3, -0.25) is 0 Å². The third-order valence-electron chi connectivity index (χ3n) is 2.20. The van der Waals surface area contributed by atoms with Gasteiger partial charge in [0.1, 0.15) is 0 Å². The molecule has 1 N–H and O–H groups in total. The standard InChI is InChI=1S/C10H8NO2S.Na/c11-9-5-1-4-8-7(9)3-2-6-10(8)14(12)13;/h1-5,11H,6H2;/q-1;+1. The van der Waals surface area contributed by atoms with Crippen molar-refractivity contribution >= 4 is 26.9 Å². The van der Waals surface area contributed by atoms with Gasteiger partial charge in [0.2, 0.25) is 10.3 Å². The molecule has 0 amide bonds. The number of benzene rings is 1. The van der Waals surface area contributed by atoms with E-state index in [1.54, 1.807) is 30.4 Å². The maximum absolute atomic E-state index is 10.9. The van der Waals surface area contributed by atoms with E-state index in [0.717, 1.165) is 0 Å². The van der Waals surface area contributed by atoms with Crippen molar-refractivity contribution in [2.75, 3.05) is 0 Å². The van der Waals surface area contributed by atoms with E-state index in [9.17, 15) is 8.42 Å². The van der Waals surface area contributed by atoms with Crippen molar-refractivity contribution in [3.8, 4) is 0 Å². The molecule has 0 unspecified atom stereocenters. The van der Waals surface area contributed by atoms with Crippen molar-refractivity contribution in [3.63, 3.8) is 0 Å². The molecule has 72 valence electrons. The molecule has 0 spiro atoms. The Morgan fingerprint density at radius 2 is 2.00 bits per heavy atom. The predicted molar refractivity (Wildman–Crippen MR) is 57.1 cm³/mol. The Hall–Kier alpha value is -0.550. The molecule has 0 atom stereocenters. The minimum atomic E-state index is -2.19. The van der Waals surface area contributed by atoms with Crippen LogP contribution in [0.3, 0.4) is 0 Å². The summed E-state index contributed by atoms with van der Waals surface area (Å²) in [6.45, 7) is 0. The van der Waals surface area contributed by atoms with Gasteiger partial charge < -0.3 is 5.73 Å². The van der Waals surface area contributed by atoms with Crippen LogP contribution >= 0.6 is 0 Å². The molecule has 0 heterocycles. The largest absolute Gasteiger partial charge is 1.00 e. The molecule has 1 aromatic carbocycles. The third kappa shape index (κ3) is 2.34. The topological polar surface area (TPSA) is 57.9 Å². The summed E-state index contributed by atoms with van der Waals surface area (Å²) >= 11 is 0. The van der Waals surface area contributed by atoms with E-state index >= 15 is 0 Å². The fraction of sp³-hybridized carbons (Fsp3) is 0.100. The van der Waals surface area contributed by atoms with Crippen LogP contribution in [0.4, 0.5) is 5.69 Å². The molecule has 15 heavy (non-hydrogen) atoms. The molecule has 0 aromatic heterocycles. The zero-order valence-electron chi connectivity index (χ0n) is 8.32. The minimum absolute atomic E-state index is 0. The average molecular weight is 229 g/mol. The molecule has 0 saturated carbocycles. The molecule has 0 saturated heterocycles. The van der Waals surface area contributed by atoms with Crippen molar-refractivity contribution in [2.45, 2.75) is 6.42 Å². The molecule has 0 aliphatic heterocycles. The van der Waals surface area contributed by atoms with Gasteiger partial charge in [-0.05, 0) is 11.1 Å². The van der Waals surface area contributed by atoms with Crippen molar-refractivity contribution in [3.05, 3.63) is 41.1 Å². The van der Waals surface area contributed by atoms with Gasteiger partial charge in [0.05, 0.1) is 4.86 Å². The van der Waals surface area contributed by atoms with E-state index in [2.05, 4.69) is 0 Å². The second-order valence-electron chi connectivity index (χ2n) is 3.03. The number of rotatable bonds is 0. The first-order chi connectivity index (χ1) is 6.70. The molecular weight excluding hydrogens is 221 g/mol. The molecule has 5 heteroatoms. The van der Waals surface area contributed by atoms with E-state index in [1.807, 2.05) is 0 Å². The number of allylic oxidation sites excluding steroid dienone is 1. The molecule has 1 aliphatic rings. The van der Waals surface area contributed by atoms with E-state index < -0.39 is 10.3 Å². The molecular formula is C10H8NNaO2S. The Balaban J connectivity index is 0.00000112. The summed E-state index contributed by atoms with van der Waals surface area (Å²) in [4.78, 5) is 0.372. The molecule has 0 radical (unpaired) electrons. The van der Waals surface area contributed by atoms with Crippen LogP contribution in [0.15, 0.2) is 24.3 Å². The third-order valence-corrected chi connectivity index (χ3v) is 2.98. The SMILES string of the molecule is [NH-]c1cccc2c1C=CCC2=S(=O)=O.[Na+]. The molecule has 1 aliphatic carbocycles. The molecule has 0 bridgehead atoms. The number of fused-ring (bicyclic) bond motifs is 1. The summed E-state index contributed by atoms with van der Waals surface area (Å²) in [7, 11) is -2.19. The zero-order valence-corrected chi connectivity index (χ0v) is 11.1. The summed E-state index contributed by atoms with van der Waals surface area (Å²) < 4.78 is 21.8. The van der Waals surface area contributed by atoms with Crippen LogP contribution in [-0.4, -0.2) is 13.3 Å². The summed E-state index contributed by atoms with van der Waals surface area (Å²) in [5, 5.41) is 0. The Kier molecular flexibility index (Phi) is 4.16. The van der Waals surface area contributed by atoms with Gasteiger partial charge in [-0.1, -0.05) is 30.4 Å². The average Bonchev–Trinajstić information content (AvgIpc) is 2.17. The second kappa shape index (κ2) is 4.99. The first-order valence-electron chi connectivity index (χ1n) is 4.17. The number of nitrogens with one attached hydrogen (secondary N) is 1. The maximum Gasteiger partial charge on any atom is 1.00 e. The van der Waals surface area contributed by atoms with Crippen LogP contribution < -0.4 is 29.6 Å². The first kappa shape index (κ1) is 12.5. The maximum atomic E-state index is 10.9. The quantitative estimate of drug-likeness (QED) is 0.431. The molecule has 2 rings (SSSR count). The van der Waals surface area contributed by atoms with Crippen molar-refractivity contribution < 1.29 is 38.0 Å². The van der Waals surface area contributed by atoms with Crippen molar-refractivity contribution in [1.29, 1.82) is 0 Å². The monoisotopic (exact) mass is 229 g/mol. The van der Waals surface area contributed by atoms with E-state index in [0.29, 0.717) is 28.1 Å². The Morgan fingerprint density at radius 3 is 2.67 bits per heavy atom. The zero-order chi connectivity index (χ0) is 10.1. The Labute approximate surface area is 112 Å². The van der Waals surface area contributed by atoms with Crippen LogP contribution in [0.5, 0.6) is 0 Å². The Morgan fingerprint density at radius 1 is 1.27 bits per heavy atom. The summed E-state index contributed by atoms with van der Waals surface area (Å²) in [5.41, 5.74) is 9.33. The van der Waals surface area contributed by atoms with Gasteiger partial charge in [0.25, 0.3) is 0 Å². The van der Waals surface area contributed by atoms with Crippen LogP contribution in [-0.2, 0) is 10.3 Å². The smallest absolute Gasteiger partial charge is 0.698 e. The Bertz CT molecular complexity index is 539. The van der Waals surface area contributed by atoms with E-state index in [4.69, 9.17) is 5.73 Å². The minimum Gasteiger partial charge on any atom is -0.698 e. The van der Waals surface area contributed by atoms with Crippen LogP contribution in [0.2, 0.25) is 0 Å². The fourth-order valence-corrected chi connectivity index (χ4v) is 2.13. The van der Waals surface area contributed by atoms with Gasteiger partial charge in [-0.15, -0.1) is 5.69 Å². The number of hydrogen-bond acceptors (Lipinski definition) is 2. The number of hydrogen-bond donors (Lipinski definition) is 0. The second-order valence-corrected chi connectivity index (χ2v) is 3.99. The van der Waals surface area contributed by atoms with E-state index in [-0.39, 0.29) is 29.6 Å². The van der Waals surface area contributed by atoms with Crippen molar-refractivity contribution in [2.24, 2.45) is 0 Å². The van der Waals surface area contributed by atoms with Gasteiger partial charge in [0.15, 0.2) is 0 Å².